The van der Waals surface area contributed by atoms with E-state index < -0.39 is 231 Å². The second kappa shape index (κ2) is 36.4. The van der Waals surface area contributed by atoms with Crippen molar-refractivity contribution in [3.63, 3.8) is 0 Å². The SMILES string of the molecule is CN[C@H](CC(C)C)C(=O)N[C@H]1C(=O)N[C@@H](CC(N)=O)C(=O)N[C@H]2C(=O)N[C@H]3C(=O)N[C@H](C(=O)N[C@H](C(=O)O)c4cc(O)cc(O)c4-c4cc3ccc4O)[C@H](O)c3ccc(c(Cl)c3)Oc3cc2cc(c3O[C@@H]2O[C@H](CN)[C@@H](O)[C@H](O)[C@H]2O[C@H]2C[C@](C)(NCCNCc3ccc(-c4ccccc4)cc3)[C@H](O)[C@H](C)O2)Oc2ccc(cc2Cl)[C@H]1O. The van der Waals surface area contributed by atoms with E-state index in [2.05, 4.69) is 47.9 Å². The van der Waals surface area contributed by atoms with Crippen LogP contribution in [0.4, 0.5) is 0 Å². The van der Waals surface area contributed by atoms with Gasteiger partial charge in [-0.3, -0.25) is 33.6 Å². The minimum absolute atomic E-state index is 0.0997. The van der Waals surface area contributed by atoms with Crippen LogP contribution in [-0.4, -0.2) is 199 Å². The number of ether oxygens (including phenoxy) is 6. The normalized spacial score (nSPS) is 27.0. The molecule has 7 amide bonds. The monoisotopic (exact) mass is 1660 g/mol. The number of aliphatic hydroxyl groups is 5. The van der Waals surface area contributed by atoms with Crippen LogP contribution in [-0.2, 0) is 59.1 Å². The van der Waals surface area contributed by atoms with Crippen molar-refractivity contribution in [2.75, 3.05) is 26.7 Å². The third-order valence-electron chi connectivity index (χ3n) is 21.0. The summed E-state index contributed by atoms with van der Waals surface area (Å²) in [6.45, 7) is 7.78. The van der Waals surface area contributed by atoms with E-state index in [-0.39, 0.29) is 52.0 Å². The van der Waals surface area contributed by atoms with Crippen LogP contribution in [0.3, 0.4) is 0 Å². The third-order valence-corrected chi connectivity index (χ3v) is 21.6. The van der Waals surface area contributed by atoms with Crippen molar-refractivity contribution in [2.45, 2.75) is 163 Å². The van der Waals surface area contributed by atoms with Gasteiger partial charge in [-0.25, -0.2) is 4.79 Å². The number of aromatic hydroxyl groups is 3. The minimum atomic E-state index is -2.34. The smallest absolute Gasteiger partial charge is 0.330 e. The molecule has 0 spiro atoms. The molecule has 7 aliphatic rings. The summed E-state index contributed by atoms with van der Waals surface area (Å²) in [4.78, 5) is 118. The number of amides is 7. The number of nitrogens with two attached hydrogens (primary N) is 2. The van der Waals surface area contributed by atoms with Crippen LogP contribution in [0.15, 0.2) is 133 Å². The Kier molecular flexibility index (Phi) is 26.6. The van der Waals surface area contributed by atoms with Gasteiger partial charge in [0.05, 0.1) is 34.7 Å². The first-order valence-corrected chi connectivity index (χ1v) is 38.3. The zero-order valence-electron chi connectivity index (χ0n) is 63.7. The van der Waals surface area contributed by atoms with Crippen LogP contribution >= 0.6 is 23.2 Å². The molecule has 622 valence electrons. The first-order chi connectivity index (χ1) is 55.7. The van der Waals surface area contributed by atoms with E-state index in [9.17, 15) is 69.9 Å². The summed E-state index contributed by atoms with van der Waals surface area (Å²) >= 11 is 14.3. The Labute approximate surface area is 679 Å². The third kappa shape index (κ3) is 19.1. The van der Waals surface area contributed by atoms with Crippen molar-refractivity contribution >= 4 is 70.5 Å². The van der Waals surface area contributed by atoms with E-state index in [0.717, 1.165) is 77.4 Å². The fourth-order valence-electron chi connectivity index (χ4n) is 14.8. The molecule has 0 aliphatic carbocycles. The van der Waals surface area contributed by atoms with Crippen LogP contribution in [0.1, 0.15) is 111 Å². The molecule has 7 aliphatic heterocycles. The van der Waals surface area contributed by atoms with E-state index >= 15 is 14.4 Å². The number of aliphatic hydroxyl groups excluding tert-OH is 5. The number of hydrogen-bond acceptors (Lipinski definition) is 26. The second-order valence-electron chi connectivity index (χ2n) is 29.8. The molecule has 18 atom stereocenters. The standard InChI is InChI=1S/C81H91Cl2N11O23/c1-35(2)23-49(86-5)73(104)93-64-66(99)41-16-19-53(47(82)25-41)113-55-27-43-28-56(70(55)117-80-71(69(102)68(101)57(33-84)115-80)116-59-32-81(4,72(103)36(3)112-59)88-22-21-87-34-37-11-13-39(14-12-37)38-9-7-6-8-10-38)114-54-20-17-42(26-48(54)83)67(100)65-78(109)92-63(79(110)111)46-29-44(95)30-52(97)60(46)45-24-40(15-18-51(45)96)61(75(106)94-65)91-76(107)62(43)90-74(105)50(31-58(85)98)89-77(64)108/h6-20,24-30,35-36,49-50,57,59,61-69,71-72,80,86-88,95-97,99-103H,21-23,31-34,84H2,1-5H3,(H2,85,98)(H,89,108)(H,90,105)(H,91,107)(H,92,109)(H,93,104)(H,94,106)(H,110,111)/t36-,49+,50-,57+,59-,61+,62+,63-,64+,65-,66+,67+,68+,69-,71+,72+,80-,81-/m0/s1. The predicted octanol–water partition coefficient (Wildman–Crippen LogP) is 3.16. The Morgan fingerprint density at radius 1 is 0.667 bits per heavy atom. The first kappa shape index (κ1) is 85.6. The Morgan fingerprint density at radius 2 is 1.29 bits per heavy atom. The van der Waals surface area contributed by atoms with Gasteiger partial charge in [-0.1, -0.05) is 110 Å². The van der Waals surface area contributed by atoms with Crippen LogP contribution in [0.2, 0.25) is 10.0 Å². The number of likely N-dealkylation sites (N-methyl/N-ethyl adjacent to an activating group) is 1. The Hall–Kier alpha value is -10.8. The first-order valence-electron chi connectivity index (χ1n) is 37.6. The lowest BCUT2D eigenvalue weighted by atomic mass is 9.85. The van der Waals surface area contributed by atoms with Crippen LogP contribution in [0.5, 0.6) is 46.0 Å². The summed E-state index contributed by atoms with van der Waals surface area (Å²) in [5.74, 6) is -15.7. The number of fused-ring (bicyclic) bond motifs is 15. The average molecular weight is 1660 g/mol. The van der Waals surface area contributed by atoms with Gasteiger partial charge >= 0.3 is 5.97 Å². The molecule has 0 saturated carbocycles. The fraction of sp³-hybridized carbons (Fsp3) is 0.383. The molecular formula is C81H91Cl2N11O23. The van der Waals surface area contributed by atoms with Gasteiger partial charge in [-0.2, -0.15) is 0 Å². The topological polar surface area (TPSA) is 534 Å². The molecule has 14 rings (SSSR count). The lowest BCUT2D eigenvalue weighted by Gasteiger charge is -2.48. The lowest BCUT2D eigenvalue weighted by Crippen LogP contribution is -2.66. The number of halogens is 2. The summed E-state index contributed by atoms with van der Waals surface area (Å²) in [5, 5.41) is 129. The number of carbonyl (C=O) groups is 8. The number of carboxylic acids is 1. The fourth-order valence-corrected chi connectivity index (χ4v) is 15.3. The molecule has 36 heteroatoms. The largest absolute Gasteiger partial charge is 0.508 e. The second-order valence-corrected chi connectivity index (χ2v) is 30.7. The zero-order valence-corrected chi connectivity index (χ0v) is 65.2. The molecule has 34 nitrogen and oxygen atoms in total. The molecule has 7 aromatic rings. The number of aliphatic carboxylic acids is 1. The summed E-state index contributed by atoms with van der Waals surface area (Å²) in [7, 11) is 1.48. The van der Waals surface area contributed by atoms with E-state index in [1.165, 1.54) is 25.2 Å². The molecule has 7 aromatic carbocycles. The van der Waals surface area contributed by atoms with Gasteiger partial charge < -0.3 is 134 Å². The number of rotatable bonds is 20. The molecule has 0 aromatic heterocycles. The molecular weight excluding hydrogens is 1570 g/mol. The van der Waals surface area contributed by atoms with E-state index in [4.69, 9.17) is 63.1 Å². The molecule has 0 radical (unpaired) electrons. The molecule has 2 saturated heterocycles. The molecule has 7 heterocycles. The Balaban J connectivity index is 1.01. The van der Waals surface area contributed by atoms with E-state index in [0.29, 0.717) is 19.6 Å². The molecule has 22 N–H and O–H groups in total. The van der Waals surface area contributed by atoms with Gasteiger partial charge in [0.25, 0.3) is 0 Å². The highest BCUT2D eigenvalue weighted by Crippen LogP contribution is 2.50. The van der Waals surface area contributed by atoms with Crippen molar-refractivity contribution in [3.8, 4) is 68.2 Å². The van der Waals surface area contributed by atoms with Crippen molar-refractivity contribution < 1.29 is 113 Å². The number of hydrogen-bond donors (Lipinski definition) is 20. The summed E-state index contributed by atoms with van der Waals surface area (Å²) in [6.07, 6.45) is -17.8. The zero-order chi connectivity index (χ0) is 84.2. The Morgan fingerprint density at radius 3 is 1.91 bits per heavy atom. The maximum absolute atomic E-state index is 16.2. The van der Waals surface area contributed by atoms with Gasteiger partial charge in [0.2, 0.25) is 53.4 Å². The minimum Gasteiger partial charge on any atom is -0.508 e. The van der Waals surface area contributed by atoms with Crippen molar-refractivity contribution in [1.82, 2.24) is 47.9 Å². The number of nitrogens with one attached hydrogen (secondary N) is 9. The maximum Gasteiger partial charge on any atom is 0.330 e. The van der Waals surface area contributed by atoms with Crippen molar-refractivity contribution in [2.24, 2.45) is 17.4 Å². The van der Waals surface area contributed by atoms with Gasteiger partial charge in [-0.05, 0) is 127 Å². The van der Waals surface area contributed by atoms with Crippen LogP contribution in [0.25, 0.3) is 22.3 Å². The van der Waals surface area contributed by atoms with Crippen LogP contribution < -0.4 is 73.5 Å². The van der Waals surface area contributed by atoms with Gasteiger partial charge in [0, 0.05) is 60.9 Å². The number of phenolic OH excluding ortho intramolecular Hbond substituents is 3. The maximum atomic E-state index is 16.2. The van der Waals surface area contributed by atoms with E-state index in [1.54, 1.807) is 13.8 Å². The molecule has 0 unspecified atom stereocenters. The van der Waals surface area contributed by atoms with E-state index in [1.807, 2.05) is 68.4 Å². The quantitative estimate of drug-likeness (QED) is 0.0487. The highest BCUT2D eigenvalue weighted by molar-refractivity contribution is 6.32. The highest BCUT2D eigenvalue weighted by atomic mass is 35.5. The number of phenols is 3. The molecule has 2 fully saturated rings. The van der Waals surface area contributed by atoms with Crippen molar-refractivity contribution in [3.05, 3.63) is 177 Å². The summed E-state index contributed by atoms with van der Waals surface area (Å²) in [6, 6.07) is 17.7. The number of benzene rings is 7. The number of primary amides is 1. The predicted molar refractivity (Wildman–Crippen MR) is 419 cm³/mol. The van der Waals surface area contributed by atoms with Gasteiger partial charge in [-0.15, -0.1) is 0 Å². The Bertz CT molecular complexity index is 4900. The van der Waals surface area contributed by atoms with Crippen molar-refractivity contribution in [1.29, 1.82) is 0 Å². The number of carboxylic acid groups (broad SMARTS) is 1. The van der Waals surface area contributed by atoms with Gasteiger partial charge in [0.15, 0.2) is 29.9 Å². The van der Waals surface area contributed by atoms with Crippen LogP contribution in [0, 0.1) is 5.92 Å². The number of carbonyl (C=O) groups excluding carboxylic acids is 7. The molecule has 11 bridgehead atoms. The summed E-state index contributed by atoms with van der Waals surface area (Å²) in [5.41, 5.74) is 11.3. The highest BCUT2D eigenvalue weighted by Gasteiger charge is 2.52. The van der Waals surface area contributed by atoms with Gasteiger partial charge in [0.1, 0.15) is 89.5 Å². The summed E-state index contributed by atoms with van der Waals surface area (Å²) < 4.78 is 39.8. The molecule has 117 heavy (non-hydrogen) atoms. The lowest BCUT2D eigenvalue weighted by molar-refractivity contribution is -0.331. The average Bonchev–Trinajstić information content (AvgIpc) is 0.740.